The molecule has 0 amide bonds. The van der Waals surface area contributed by atoms with E-state index in [4.69, 9.17) is 10.4 Å². The smallest absolute Gasteiger partial charge is 0.304 e. The van der Waals surface area contributed by atoms with Crippen molar-refractivity contribution in [2.75, 3.05) is 13.1 Å². The van der Waals surface area contributed by atoms with E-state index in [1.165, 1.54) is 0 Å². The monoisotopic (exact) mass is 268 g/mol. The lowest BCUT2D eigenvalue weighted by atomic mass is 9.89. The summed E-state index contributed by atoms with van der Waals surface area (Å²) in [6.45, 7) is 11.7. The lowest BCUT2D eigenvalue weighted by Gasteiger charge is -2.35. The molecule has 0 heterocycles. The van der Waals surface area contributed by atoms with Crippen LogP contribution in [0.2, 0.25) is 0 Å². The van der Waals surface area contributed by atoms with Gasteiger partial charge in [0.15, 0.2) is 0 Å². The Balaban J connectivity index is 4.15. The highest BCUT2D eigenvalue weighted by molar-refractivity contribution is 5.66. The Labute approximate surface area is 117 Å². The van der Waals surface area contributed by atoms with Crippen molar-refractivity contribution in [1.29, 1.82) is 5.26 Å². The second-order valence-corrected chi connectivity index (χ2v) is 6.75. The molecule has 0 saturated heterocycles. The van der Waals surface area contributed by atoms with E-state index in [9.17, 15) is 4.79 Å². The van der Waals surface area contributed by atoms with Crippen molar-refractivity contribution in [1.82, 2.24) is 4.90 Å². The fraction of sp³-hybridized carbons (Fsp3) is 0.867. The molecule has 0 aromatic carbocycles. The fourth-order valence-electron chi connectivity index (χ4n) is 1.94. The van der Waals surface area contributed by atoms with Crippen molar-refractivity contribution in [3.8, 4) is 6.07 Å². The molecule has 110 valence electrons. The van der Waals surface area contributed by atoms with Crippen LogP contribution in [-0.4, -0.2) is 34.6 Å². The van der Waals surface area contributed by atoms with Crippen LogP contribution in [0.15, 0.2) is 0 Å². The molecule has 4 nitrogen and oxygen atoms in total. The van der Waals surface area contributed by atoms with Crippen LogP contribution in [0.3, 0.4) is 0 Å². The normalized spacial score (nSPS) is 12.5. The minimum absolute atomic E-state index is 0.0137. The molecule has 1 N–H and O–H groups in total. The molecule has 0 bridgehead atoms. The SMILES string of the molecule is CC(C)(C#N)CCCCN(CCC(=O)O)C(C)(C)C. The Hall–Kier alpha value is -1.08. The molecule has 19 heavy (non-hydrogen) atoms. The van der Waals surface area contributed by atoms with Gasteiger partial charge in [0.05, 0.1) is 17.9 Å². The number of rotatable bonds is 8. The second-order valence-electron chi connectivity index (χ2n) is 6.75. The van der Waals surface area contributed by atoms with Gasteiger partial charge in [-0.2, -0.15) is 5.26 Å². The molecular formula is C15H28N2O2. The second kappa shape index (κ2) is 7.49. The van der Waals surface area contributed by atoms with Crippen LogP contribution in [0.5, 0.6) is 0 Å². The van der Waals surface area contributed by atoms with E-state index in [1.54, 1.807) is 0 Å². The number of nitrogens with zero attached hydrogens (tertiary/aromatic N) is 2. The molecule has 0 unspecified atom stereocenters. The Morgan fingerprint density at radius 2 is 1.74 bits per heavy atom. The maximum absolute atomic E-state index is 10.7. The molecule has 0 saturated carbocycles. The van der Waals surface area contributed by atoms with Gasteiger partial charge in [-0.1, -0.05) is 6.42 Å². The average molecular weight is 268 g/mol. The van der Waals surface area contributed by atoms with E-state index in [2.05, 4.69) is 31.7 Å². The van der Waals surface area contributed by atoms with Crippen LogP contribution >= 0.6 is 0 Å². The number of nitriles is 1. The average Bonchev–Trinajstić information content (AvgIpc) is 2.25. The number of carboxylic acid groups (broad SMARTS) is 1. The number of hydrogen-bond acceptors (Lipinski definition) is 3. The minimum Gasteiger partial charge on any atom is -0.481 e. The highest BCUT2D eigenvalue weighted by atomic mass is 16.4. The zero-order chi connectivity index (χ0) is 15.1. The predicted molar refractivity (Wildman–Crippen MR) is 76.8 cm³/mol. The Morgan fingerprint density at radius 1 is 1.16 bits per heavy atom. The molecule has 0 aromatic rings. The Kier molecular flexibility index (Phi) is 7.07. The molecule has 0 atom stereocenters. The third-order valence-electron chi connectivity index (χ3n) is 3.33. The van der Waals surface area contributed by atoms with Gasteiger partial charge in [0.25, 0.3) is 0 Å². The van der Waals surface area contributed by atoms with Crippen molar-refractivity contribution >= 4 is 5.97 Å². The lowest BCUT2D eigenvalue weighted by Crippen LogP contribution is -2.43. The van der Waals surface area contributed by atoms with E-state index in [1.807, 2.05) is 13.8 Å². The summed E-state index contributed by atoms with van der Waals surface area (Å²) in [5.41, 5.74) is -0.270. The van der Waals surface area contributed by atoms with Crippen LogP contribution in [-0.2, 0) is 4.79 Å². The van der Waals surface area contributed by atoms with Crippen molar-refractivity contribution in [3.63, 3.8) is 0 Å². The van der Waals surface area contributed by atoms with E-state index >= 15 is 0 Å². The summed E-state index contributed by atoms with van der Waals surface area (Å²) in [6.07, 6.45) is 3.07. The molecule has 0 aromatic heterocycles. The first-order chi connectivity index (χ1) is 8.58. The molecule has 0 rings (SSSR count). The first kappa shape index (κ1) is 17.9. The lowest BCUT2D eigenvalue weighted by molar-refractivity contribution is -0.137. The van der Waals surface area contributed by atoms with E-state index in [0.717, 1.165) is 25.8 Å². The first-order valence-corrected chi connectivity index (χ1v) is 6.96. The van der Waals surface area contributed by atoms with Gasteiger partial charge in [-0.05, 0) is 54.0 Å². The summed E-state index contributed by atoms with van der Waals surface area (Å²) < 4.78 is 0. The summed E-state index contributed by atoms with van der Waals surface area (Å²) in [6, 6.07) is 2.31. The minimum atomic E-state index is -0.750. The highest BCUT2D eigenvalue weighted by Gasteiger charge is 2.22. The van der Waals surface area contributed by atoms with Gasteiger partial charge < -0.3 is 5.11 Å². The fourth-order valence-corrected chi connectivity index (χ4v) is 1.94. The molecule has 0 aliphatic carbocycles. The third-order valence-corrected chi connectivity index (χ3v) is 3.33. The van der Waals surface area contributed by atoms with Gasteiger partial charge in [-0.25, -0.2) is 0 Å². The molecular weight excluding hydrogens is 240 g/mol. The van der Waals surface area contributed by atoms with E-state index < -0.39 is 5.97 Å². The van der Waals surface area contributed by atoms with Crippen molar-refractivity contribution < 1.29 is 9.90 Å². The zero-order valence-electron chi connectivity index (χ0n) is 13.0. The summed E-state index contributed by atoms with van der Waals surface area (Å²) in [5.74, 6) is -0.750. The largest absolute Gasteiger partial charge is 0.481 e. The van der Waals surface area contributed by atoms with Gasteiger partial charge in [-0.3, -0.25) is 9.69 Å². The van der Waals surface area contributed by atoms with Crippen LogP contribution < -0.4 is 0 Å². The van der Waals surface area contributed by atoms with Crippen LogP contribution in [0.1, 0.15) is 60.3 Å². The zero-order valence-corrected chi connectivity index (χ0v) is 13.0. The van der Waals surface area contributed by atoms with Gasteiger partial charge in [0.1, 0.15) is 0 Å². The van der Waals surface area contributed by atoms with Crippen LogP contribution in [0, 0.1) is 16.7 Å². The predicted octanol–water partition coefficient (Wildman–Crippen LogP) is 3.28. The van der Waals surface area contributed by atoms with Gasteiger partial charge in [-0.15, -0.1) is 0 Å². The molecule has 4 heteroatoms. The molecule has 0 radical (unpaired) electrons. The number of carboxylic acids is 1. The van der Waals surface area contributed by atoms with Crippen molar-refractivity contribution in [2.45, 2.75) is 65.8 Å². The van der Waals surface area contributed by atoms with Crippen molar-refractivity contribution in [2.24, 2.45) is 5.41 Å². The van der Waals surface area contributed by atoms with Gasteiger partial charge >= 0.3 is 5.97 Å². The van der Waals surface area contributed by atoms with E-state index in [0.29, 0.717) is 6.54 Å². The summed E-state index contributed by atoms with van der Waals surface area (Å²) in [5, 5.41) is 17.7. The number of hydrogen-bond donors (Lipinski definition) is 1. The standard InChI is InChI=1S/C15H28N2O2/c1-14(2,3)17(11-8-13(18)19)10-7-6-9-15(4,5)12-16/h6-11H2,1-5H3,(H,18,19). The quantitative estimate of drug-likeness (QED) is 0.686. The molecule has 0 aliphatic heterocycles. The first-order valence-electron chi connectivity index (χ1n) is 6.96. The third kappa shape index (κ3) is 8.61. The summed E-state index contributed by atoms with van der Waals surface area (Å²) in [4.78, 5) is 12.9. The van der Waals surface area contributed by atoms with Crippen LogP contribution in [0.4, 0.5) is 0 Å². The maximum Gasteiger partial charge on any atom is 0.304 e. The topological polar surface area (TPSA) is 64.3 Å². The summed E-state index contributed by atoms with van der Waals surface area (Å²) >= 11 is 0. The molecule has 0 spiro atoms. The maximum atomic E-state index is 10.7. The Morgan fingerprint density at radius 3 is 2.16 bits per heavy atom. The number of carbonyl (C=O) groups is 1. The van der Waals surface area contributed by atoms with E-state index in [-0.39, 0.29) is 17.4 Å². The molecule has 0 aliphatic rings. The van der Waals surface area contributed by atoms with Crippen molar-refractivity contribution in [3.05, 3.63) is 0 Å². The van der Waals surface area contributed by atoms with Gasteiger partial charge in [0, 0.05) is 12.1 Å². The Bertz CT molecular complexity index is 324. The van der Waals surface area contributed by atoms with Crippen LogP contribution in [0.25, 0.3) is 0 Å². The highest BCUT2D eigenvalue weighted by Crippen LogP contribution is 2.22. The summed E-state index contributed by atoms with van der Waals surface area (Å²) in [7, 11) is 0. The van der Waals surface area contributed by atoms with Gasteiger partial charge in [0.2, 0.25) is 0 Å². The number of aliphatic carboxylic acids is 1. The molecule has 0 fully saturated rings. The number of unbranched alkanes of at least 4 members (excludes halogenated alkanes) is 1.